The molecule has 0 saturated carbocycles. The van der Waals surface area contributed by atoms with Gasteiger partial charge in [-0.05, 0) is 37.6 Å². The first-order valence-corrected chi connectivity index (χ1v) is 7.22. The Morgan fingerprint density at radius 3 is 3.25 bits per heavy atom. The highest BCUT2D eigenvalue weighted by molar-refractivity contribution is 5.94. The lowest BCUT2D eigenvalue weighted by atomic mass is 10.1. The lowest BCUT2D eigenvalue weighted by molar-refractivity contribution is -0.0461. The van der Waals surface area contributed by atoms with Gasteiger partial charge >= 0.3 is 0 Å². The van der Waals surface area contributed by atoms with Crippen LogP contribution in [0.5, 0.6) is 0 Å². The third kappa shape index (κ3) is 2.94. The number of nitrogen functional groups attached to an aromatic ring is 1. The number of nitrogens with two attached hydrogens (primary N) is 1. The molecule has 3 rings (SSSR count). The molecular weight excluding hydrogens is 254 g/mol. The standard InChI is InChI=1S/C15H21N3O2/c16-12-4-1-3-11(7-12)15(19)17-8-14-9-18-6-2-5-13(18)10-20-14/h1,3-4,7,13-14H,2,5-6,8-10,16H2,(H,17,19). The fraction of sp³-hybridized carbons (Fsp3) is 0.533. The van der Waals surface area contributed by atoms with Crippen molar-refractivity contribution in [1.82, 2.24) is 10.2 Å². The second-order valence-corrected chi connectivity index (χ2v) is 5.58. The van der Waals surface area contributed by atoms with Gasteiger partial charge < -0.3 is 15.8 Å². The molecule has 0 spiro atoms. The number of nitrogens with one attached hydrogen (secondary N) is 1. The van der Waals surface area contributed by atoms with Gasteiger partial charge in [0.15, 0.2) is 0 Å². The first kappa shape index (κ1) is 13.4. The van der Waals surface area contributed by atoms with Crippen LogP contribution in [-0.4, -0.2) is 49.2 Å². The molecule has 0 aromatic heterocycles. The van der Waals surface area contributed by atoms with E-state index in [1.165, 1.54) is 12.8 Å². The molecule has 2 saturated heterocycles. The molecule has 2 atom stereocenters. The van der Waals surface area contributed by atoms with Crippen LogP contribution in [-0.2, 0) is 4.74 Å². The quantitative estimate of drug-likeness (QED) is 0.803. The zero-order valence-corrected chi connectivity index (χ0v) is 11.5. The number of benzene rings is 1. The van der Waals surface area contributed by atoms with Gasteiger partial charge in [-0.15, -0.1) is 0 Å². The van der Waals surface area contributed by atoms with Crippen molar-refractivity contribution < 1.29 is 9.53 Å². The molecule has 2 aliphatic rings. The fourth-order valence-corrected chi connectivity index (χ4v) is 3.00. The molecule has 0 bridgehead atoms. The smallest absolute Gasteiger partial charge is 0.251 e. The van der Waals surface area contributed by atoms with Crippen LogP contribution < -0.4 is 11.1 Å². The molecule has 5 nitrogen and oxygen atoms in total. The van der Waals surface area contributed by atoms with Crippen molar-refractivity contribution in [2.75, 3.05) is 32.0 Å². The predicted molar refractivity (Wildman–Crippen MR) is 77.5 cm³/mol. The Morgan fingerprint density at radius 2 is 2.40 bits per heavy atom. The van der Waals surface area contributed by atoms with Gasteiger partial charge in [-0.25, -0.2) is 0 Å². The van der Waals surface area contributed by atoms with Crippen molar-refractivity contribution in [3.05, 3.63) is 29.8 Å². The fourth-order valence-electron chi connectivity index (χ4n) is 3.00. The molecule has 2 heterocycles. The van der Waals surface area contributed by atoms with E-state index in [1.54, 1.807) is 24.3 Å². The van der Waals surface area contributed by atoms with Crippen LogP contribution in [0.25, 0.3) is 0 Å². The zero-order chi connectivity index (χ0) is 13.9. The number of morpholine rings is 1. The van der Waals surface area contributed by atoms with Gasteiger partial charge in [0, 0.05) is 30.4 Å². The SMILES string of the molecule is Nc1cccc(C(=O)NCC2CN3CCCC3CO2)c1. The maximum absolute atomic E-state index is 12.0. The number of ether oxygens (including phenoxy) is 1. The Bertz CT molecular complexity index is 492. The minimum atomic E-state index is -0.0931. The molecule has 1 amide bonds. The number of hydrogen-bond donors (Lipinski definition) is 2. The Hall–Kier alpha value is -1.59. The molecule has 2 fully saturated rings. The number of fused-ring (bicyclic) bond motifs is 1. The lowest BCUT2D eigenvalue weighted by Gasteiger charge is -2.35. The van der Waals surface area contributed by atoms with Gasteiger partial charge in [0.05, 0.1) is 12.7 Å². The van der Waals surface area contributed by atoms with Crippen LogP contribution in [0.3, 0.4) is 0 Å². The molecule has 5 heteroatoms. The Balaban J connectivity index is 1.51. The van der Waals surface area contributed by atoms with E-state index in [1.807, 2.05) is 0 Å². The Labute approximate surface area is 119 Å². The van der Waals surface area contributed by atoms with E-state index < -0.39 is 0 Å². The number of amides is 1. The summed E-state index contributed by atoms with van der Waals surface area (Å²) < 4.78 is 5.82. The van der Waals surface area contributed by atoms with Crippen molar-refractivity contribution >= 4 is 11.6 Å². The number of anilines is 1. The summed E-state index contributed by atoms with van der Waals surface area (Å²) in [4.78, 5) is 14.5. The summed E-state index contributed by atoms with van der Waals surface area (Å²) in [6, 6.07) is 7.61. The highest BCUT2D eigenvalue weighted by atomic mass is 16.5. The monoisotopic (exact) mass is 275 g/mol. The summed E-state index contributed by atoms with van der Waals surface area (Å²) in [6.45, 7) is 3.42. The minimum absolute atomic E-state index is 0.0920. The molecular formula is C15H21N3O2. The number of rotatable bonds is 3. The third-order valence-electron chi connectivity index (χ3n) is 4.10. The lowest BCUT2D eigenvalue weighted by Crippen LogP contribution is -2.50. The van der Waals surface area contributed by atoms with Crippen molar-refractivity contribution in [1.29, 1.82) is 0 Å². The van der Waals surface area contributed by atoms with Gasteiger partial charge in [-0.3, -0.25) is 9.69 Å². The molecule has 20 heavy (non-hydrogen) atoms. The molecule has 108 valence electrons. The molecule has 2 unspecified atom stereocenters. The van der Waals surface area contributed by atoms with Crippen LogP contribution in [0.2, 0.25) is 0 Å². The summed E-state index contributed by atoms with van der Waals surface area (Å²) in [5, 5.41) is 2.93. The topological polar surface area (TPSA) is 67.6 Å². The van der Waals surface area contributed by atoms with Gasteiger partial charge in [0.2, 0.25) is 0 Å². The van der Waals surface area contributed by atoms with Crippen molar-refractivity contribution in [2.24, 2.45) is 0 Å². The van der Waals surface area contributed by atoms with Crippen LogP contribution in [0.1, 0.15) is 23.2 Å². The van der Waals surface area contributed by atoms with Crippen molar-refractivity contribution in [3.8, 4) is 0 Å². The molecule has 1 aromatic rings. The van der Waals surface area contributed by atoms with E-state index in [9.17, 15) is 4.79 Å². The zero-order valence-electron chi connectivity index (χ0n) is 11.5. The van der Waals surface area contributed by atoms with Gasteiger partial charge in [0.1, 0.15) is 0 Å². The van der Waals surface area contributed by atoms with Crippen molar-refractivity contribution in [2.45, 2.75) is 25.0 Å². The second kappa shape index (κ2) is 5.81. The van der Waals surface area contributed by atoms with Crippen LogP contribution in [0.15, 0.2) is 24.3 Å². The number of hydrogen-bond acceptors (Lipinski definition) is 4. The Kier molecular flexibility index (Phi) is 3.89. The average molecular weight is 275 g/mol. The Morgan fingerprint density at radius 1 is 1.50 bits per heavy atom. The van der Waals surface area contributed by atoms with Crippen LogP contribution in [0, 0.1) is 0 Å². The first-order valence-electron chi connectivity index (χ1n) is 7.22. The number of carbonyl (C=O) groups excluding carboxylic acids is 1. The van der Waals surface area contributed by atoms with Gasteiger partial charge in [-0.2, -0.15) is 0 Å². The maximum atomic E-state index is 12.0. The van der Waals surface area contributed by atoms with Crippen LogP contribution >= 0.6 is 0 Å². The highest BCUT2D eigenvalue weighted by Crippen LogP contribution is 2.22. The summed E-state index contributed by atoms with van der Waals surface area (Å²) in [7, 11) is 0. The molecule has 2 aliphatic heterocycles. The summed E-state index contributed by atoms with van der Waals surface area (Å²) in [5.41, 5.74) is 6.88. The van der Waals surface area contributed by atoms with Crippen molar-refractivity contribution in [3.63, 3.8) is 0 Å². The van der Waals surface area contributed by atoms with E-state index in [4.69, 9.17) is 10.5 Å². The largest absolute Gasteiger partial charge is 0.399 e. The number of nitrogens with zero attached hydrogens (tertiary/aromatic N) is 1. The molecule has 1 aromatic carbocycles. The average Bonchev–Trinajstić information content (AvgIpc) is 2.92. The van der Waals surface area contributed by atoms with E-state index in [0.29, 0.717) is 23.8 Å². The highest BCUT2D eigenvalue weighted by Gasteiger charge is 2.32. The van der Waals surface area contributed by atoms with Gasteiger partial charge in [0.25, 0.3) is 5.91 Å². The minimum Gasteiger partial charge on any atom is -0.399 e. The normalized spacial score (nSPS) is 26.2. The summed E-state index contributed by atoms with van der Waals surface area (Å²) in [5.74, 6) is -0.0931. The number of carbonyl (C=O) groups is 1. The van der Waals surface area contributed by atoms with Gasteiger partial charge in [-0.1, -0.05) is 6.07 Å². The second-order valence-electron chi connectivity index (χ2n) is 5.58. The van der Waals surface area contributed by atoms with E-state index in [-0.39, 0.29) is 12.0 Å². The summed E-state index contributed by atoms with van der Waals surface area (Å²) in [6.07, 6.45) is 2.59. The van der Waals surface area contributed by atoms with E-state index in [0.717, 1.165) is 19.7 Å². The molecule has 3 N–H and O–H groups in total. The molecule has 0 aliphatic carbocycles. The maximum Gasteiger partial charge on any atom is 0.251 e. The predicted octanol–water partition coefficient (Wildman–Crippen LogP) is 0.862. The van der Waals surface area contributed by atoms with E-state index in [2.05, 4.69) is 10.2 Å². The molecule has 0 radical (unpaired) electrons. The van der Waals surface area contributed by atoms with E-state index >= 15 is 0 Å². The first-order chi connectivity index (χ1) is 9.72. The van der Waals surface area contributed by atoms with Crippen LogP contribution in [0.4, 0.5) is 5.69 Å². The summed E-state index contributed by atoms with van der Waals surface area (Å²) >= 11 is 0. The third-order valence-corrected chi connectivity index (χ3v) is 4.10.